The van der Waals surface area contributed by atoms with E-state index >= 15 is 0 Å². The summed E-state index contributed by atoms with van der Waals surface area (Å²) >= 11 is 0. The van der Waals surface area contributed by atoms with E-state index in [0.717, 1.165) is 21.5 Å². The highest BCUT2D eigenvalue weighted by Crippen LogP contribution is 2.39. The molecule has 0 aliphatic heterocycles. The molecule has 0 saturated heterocycles. The summed E-state index contributed by atoms with van der Waals surface area (Å²) in [6, 6.07) is 20.3. The Balaban J connectivity index is 2.18. The van der Waals surface area contributed by atoms with E-state index in [1.165, 1.54) is 0 Å². The molecular weight excluding hydrogens is 489 g/mol. The highest BCUT2D eigenvalue weighted by molar-refractivity contribution is 7.00. The second-order valence-corrected chi connectivity index (χ2v) is 10.5. The molecule has 0 aliphatic rings. The number of ether oxygens (including phenoxy) is 4. The van der Waals surface area contributed by atoms with Crippen molar-refractivity contribution in [3.63, 3.8) is 0 Å². The predicted molar refractivity (Wildman–Crippen MR) is 142 cm³/mol. The van der Waals surface area contributed by atoms with Crippen LogP contribution in [-0.4, -0.2) is 50.8 Å². The molecule has 4 nitrogen and oxygen atoms in total. The van der Waals surface area contributed by atoms with Crippen molar-refractivity contribution in [1.29, 1.82) is 0 Å². The van der Waals surface area contributed by atoms with Crippen molar-refractivity contribution in [3.8, 4) is 23.0 Å². The van der Waals surface area contributed by atoms with Gasteiger partial charge in [0.2, 0.25) is 0 Å². The van der Waals surface area contributed by atoms with Crippen LogP contribution in [0.15, 0.2) is 60.7 Å². The average Bonchev–Trinajstić information content (AvgIpc) is 2.87. The third kappa shape index (κ3) is 6.04. The van der Waals surface area contributed by atoms with Gasteiger partial charge < -0.3 is 18.9 Å². The number of benzene rings is 3. The molecule has 0 bridgehead atoms. The number of hydrogen-bond acceptors (Lipinski definition) is 4. The lowest BCUT2D eigenvalue weighted by atomic mass is 10.1. The molecule has 0 heterocycles. The minimum Gasteiger partial charge on any atom is -0.490 e. The van der Waals surface area contributed by atoms with Gasteiger partial charge in [0.1, 0.15) is 12.2 Å². The van der Waals surface area contributed by atoms with Gasteiger partial charge in [0.05, 0.1) is 31.3 Å². The van der Waals surface area contributed by atoms with Crippen LogP contribution in [0.25, 0.3) is 0 Å². The topological polar surface area (TPSA) is 36.9 Å². The summed E-state index contributed by atoms with van der Waals surface area (Å²) < 4.78 is 25.6. The van der Waals surface area contributed by atoms with Gasteiger partial charge in [-0.25, -0.2) is 0 Å². The Hall–Kier alpha value is -2.27. The molecule has 3 aromatic rings. The Morgan fingerprint density at radius 1 is 0.618 bits per heavy atom. The molecule has 3 rings (SSSR count). The summed E-state index contributed by atoms with van der Waals surface area (Å²) in [5.41, 5.74) is 2.18. The molecule has 0 amide bonds. The Labute approximate surface area is 214 Å². The second-order valence-electron chi connectivity index (χ2n) is 7.52. The maximum atomic E-state index is 6.61. The highest BCUT2D eigenvalue weighted by atomic mass is 29.1. The van der Waals surface area contributed by atoms with Crippen LogP contribution in [0.4, 0.5) is 0 Å². The third-order valence-electron chi connectivity index (χ3n) is 5.28. The van der Waals surface area contributed by atoms with E-state index in [9.17, 15) is 0 Å². The first-order valence-corrected chi connectivity index (χ1v) is 16.3. The van der Waals surface area contributed by atoms with E-state index < -0.39 is 0 Å². The Morgan fingerprint density at radius 3 is 1.29 bits per heavy atom. The molecule has 172 valence electrons. The fourth-order valence-electron chi connectivity index (χ4n) is 3.61. The summed E-state index contributed by atoms with van der Waals surface area (Å²) in [4.78, 5) is 0. The molecule has 0 saturated carbocycles. The van der Waals surface area contributed by atoms with Crippen molar-refractivity contribution in [2.75, 3.05) is 13.2 Å². The molecule has 3 aromatic carbocycles. The van der Waals surface area contributed by atoms with E-state index in [1.807, 2.05) is 64.1 Å². The summed E-state index contributed by atoms with van der Waals surface area (Å²) in [5, 5.41) is 1.79. The zero-order chi connectivity index (χ0) is 24.5. The average molecular weight is 517 g/mol. The monoisotopic (exact) mass is 516 g/mol. The van der Waals surface area contributed by atoms with E-state index in [0.29, 0.717) is 36.2 Å². The van der Waals surface area contributed by atoms with Crippen molar-refractivity contribution in [1.82, 2.24) is 0 Å². The van der Waals surface area contributed by atoms with Crippen LogP contribution in [0.5, 0.6) is 23.0 Å². The minimum absolute atomic E-state index is 0.176. The van der Waals surface area contributed by atoms with Gasteiger partial charge in [-0.15, -0.1) is 0 Å². The van der Waals surface area contributed by atoms with E-state index in [4.69, 9.17) is 18.9 Å². The van der Waals surface area contributed by atoms with Gasteiger partial charge >= 0.3 is 0 Å². The standard InChI is InChI=1S/C26H28O4Si4/c1-5-27-21-23(29-17(3)19-13-9-7-10-14-19)26(34-32)24(22(28-6-2)25(21)33-31)30-18(4)20-15-11-8-12-16-20/h7-18H,5-6H2,1-4H3. The van der Waals surface area contributed by atoms with Gasteiger partial charge in [0.25, 0.3) is 0 Å². The molecule has 0 spiro atoms. The largest absolute Gasteiger partial charge is 0.490 e. The summed E-state index contributed by atoms with van der Waals surface area (Å²) in [6.45, 7) is 9.06. The molecule has 34 heavy (non-hydrogen) atoms. The molecule has 0 aliphatic carbocycles. The van der Waals surface area contributed by atoms with Crippen LogP contribution in [-0.2, 0) is 0 Å². The van der Waals surface area contributed by atoms with Crippen LogP contribution in [0, 0.1) is 0 Å². The molecule has 2 unspecified atom stereocenters. The van der Waals surface area contributed by atoms with Crippen LogP contribution >= 0.6 is 0 Å². The van der Waals surface area contributed by atoms with Gasteiger partial charge in [-0.2, -0.15) is 0 Å². The van der Waals surface area contributed by atoms with Crippen molar-refractivity contribution in [3.05, 3.63) is 71.8 Å². The number of hydrogen-bond donors (Lipinski definition) is 0. The zero-order valence-electron chi connectivity index (χ0n) is 20.0. The smallest absolute Gasteiger partial charge is 0.164 e. The summed E-state index contributed by atoms with van der Waals surface area (Å²) in [7, 11) is 7.99. The zero-order valence-corrected chi connectivity index (χ0v) is 24.0. The first kappa shape index (κ1) is 26.3. The van der Waals surface area contributed by atoms with E-state index in [-0.39, 0.29) is 30.3 Å². The van der Waals surface area contributed by atoms with Crippen molar-refractivity contribution in [2.24, 2.45) is 0 Å². The molecule has 0 N–H and O–H groups in total. The minimum atomic E-state index is -0.176. The summed E-state index contributed by atoms with van der Waals surface area (Å²) in [5.74, 6) is 2.77. The predicted octanol–water partition coefficient (Wildman–Crippen LogP) is 3.59. The SMILES string of the molecule is CCOc1c(OC(C)c2ccccc2)c([Si][Si])c(OC(C)c2ccccc2)c(OCC)c1[Si][Si]. The molecule has 10 radical (unpaired) electrons. The van der Waals surface area contributed by atoms with E-state index in [2.05, 4.69) is 43.8 Å². The lowest BCUT2D eigenvalue weighted by Crippen LogP contribution is -2.31. The molecular formula is C26H28O4Si4. The summed E-state index contributed by atoms with van der Waals surface area (Å²) in [6.07, 6.45) is -0.351. The fourth-order valence-corrected chi connectivity index (χ4v) is 6.15. The van der Waals surface area contributed by atoms with Crippen molar-refractivity contribution in [2.45, 2.75) is 39.9 Å². The number of rotatable bonds is 12. The molecule has 2 atom stereocenters. The molecule has 0 fully saturated rings. The van der Waals surface area contributed by atoms with Crippen LogP contribution < -0.4 is 29.3 Å². The lowest BCUT2D eigenvalue weighted by molar-refractivity contribution is 0.199. The normalized spacial score (nSPS) is 12.6. The Morgan fingerprint density at radius 2 is 0.971 bits per heavy atom. The maximum absolute atomic E-state index is 6.61. The van der Waals surface area contributed by atoms with Crippen molar-refractivity contribution >= 4 is 48.0 Å². The maximum Gasteiger partial charge on any atom is 0.164 e. The fraction of sp³-hybridized carbons (Fsp3) is 0.308. The van der Waals surface area contributed by atoms with Crippen LogP contribution in [0.3, 0.4) is 0 Å². The van der Waals surface area contributed by atoms with Crippen LogP contribution in [0.2, 0.25) is 0 Å². The van der Waals surface area contributed by atoms with Gasteiger partial charge in [0.15, 0.2) is 23.0 Å². The quantitative estimate of drug-likeness (QED) is 0.345. The first-order valence-electron chi connectivity index (χ1n) is 11.3. The molecule has 0 aromatic heterocycles. The van der Waals surface area contributed by atoms with Crippen molar-refractivity contribution < 1.29 is 18.9 Å². The van der Waals surface area contributed by atoms with Gasteiger partial charge in [-0.3, -0.25) is 0 Å². The van der Waals surface area contributed by atoms with E-state index in [1.54, 1.807) is 0 Å². The Bertz CT molecular complexity index is 969. The highest BCUT2D eigenvalue weighted by Gasteiger charge is 2.29. The molecule has 8 heteroatoms. The van der Waals surface area contributed by atoms with Gasteiger partial charge in [-0.05, 0) is 38.8 Å². The lowest BCUT2D eigenvalue weighted by Gasteiger charge is -2.28. The first-order chi connectivity index (χ1) is 16.5. The van der Waals surface area contributed by atoms with Gasteiger partial charge in [-0.1, -0.05) is 60.7 Å². The Kier molecular flexibility index (Phi) is 10.1. The van der Waals surface area contributed by atoms with Gasteiger partial charge in [0, 0.05) is 29.9 Å². The second kappa shape index (κ2) is 13.0. The third-order valence-corrected chi connectivity index (χ3v) is 8.18. The van der Waals surface area contributed by atoms with Crippen LogP contribution in [0.1, 0.15) is 51.0 Å².